The van der Waals surface area contributed by atoms with Crippen LogP contribution in [0.5, 0.6) is 0 Å². The Morgan fingerprint density at radius 2 is 1.75 bits per heavy atom. The number of benzene rings is 2. The smallest absolute Gasteiger partial charge is 0.258 e. The summed E-state index contributed by atoms with van der Waals surface area (Å²) in [6.07, 6.45) is 0.606. The Bertz CT molecular complexity index is 640. The van der Waals surface area contributed by atoms with Crippen LogP contribution in [0.15, 0.2) is 48.5 Å². The summed E-state index contributed by atoms with van der Waals surface area (Å²) in [7, 11) is 0. The predicted molar refractivity (Wildman–Crippen MR) is 76.3 cm³/mol. The number of hydrogen-bond donors (Lipinski definition) is 0. The highest BCUT2D eigenvalue weighted by atomic mass is 16.6. The molecule has 0 amide bonds. The number of rotatable bonds is 4. The zero-order chi connectivity index (χ0) is 14.5. The van der Waals surface area contributed by atoms with Gasteiger partial charge in [0.2, 0.25) is 0 Å². The van der Waals surface area contributed by atoms with E-state index in [1.807, 2.05) is 31.2 Å². The van der Waals surface area contributed by atoms with E-state index in [0.29, 0.717) is 6.42 Å². The van der Waals surface area contributed by atoms with Gasteiger partial charge in [-0.1, -0.05) is 42.0 Å². The molecule has 1 atom stereocenters. The van der Waals surface area contributed by atoms with Gasteiger partial charge in [-0.05, 0) is 24.5 Å². The number of hydrogen-bond acceptors (Lipinski definition) is 3. The third-order valence-electron chi connectivity index (χ3n) is 3.22. The summed E-state index contributed by atoms with van der Waals surface area (Å²) in [5.41, 5.74) is 3.11. The van der Waals surface area contributed by atoms with Crippen LogP contribution < -0.4 is 0 Å². The van der Waals surface area contributed by atoms with E-state index in [1.165, 1.54) is 17.7 Å². The van der Waals surface area contributed by atoms with Crippen molar-refractivity contribution in [2.24, 2.45) is 0 Å². The van der Waals surface area contributed by atoms with Crippen molar-refractivity contribution in [3.8, 4) is 6.07 Å². The van der Waals surface area contributed by atoms with E-state index in [0.717, 1.165) is 11.1 Å². The molecule has 0 aliphatic heterocycles. The zero-order valence-electron chi connectivity index (χ0n) is 11.1. The fourth-order valence-electron chi connectivity index (χ4n) is 2.03. The average Bonchev–Trinajstić information content (AvgIpc) is 2.47. The van der Waals surface area contributed by atoms with Gasteiger partial charge in [0.25, 0.3) is 5.69 Å². The Kier molecular flexibility index (Phi) is 4.11. The second-order valence-corrected chi connectivity index (χ2v) is 4.72. The van der Waals surface area contributed by atoms with Crippen LogP contribution in [0.4, 0.5) is 5.69 Å². The Labute approximate surface area is 117 Å². The molecule has 20 heavy (non-hydrogen) atoms. The van der Waals surface area contributed by atoms with Crippen LogP contribution in [0.25, 0.3) is 0 Å². The molecule has 1 unspecified atom stereocenters. The highest BCUT2D eigenvalue weighted by Crippen LogP contribution is 2.23. The van der Waals surface area contributed by atoms with Crippen LogP contribution in [0, 0.1) is 28.4 Å². The quantitative estimate of drug-likeness (QED) is 0.625. The molecule has 0 heterocycles. The normalized spacial score (nSPS) is 11.6. The summed E-state index contributed by atoms with van der Waals surface area (Å²) in [4.78, 5) is 10.2. The average molecular weight is 266 g/mol. The van der Waals surface area contributed by atoms with E-state index >= 15 is 0 Å². The van der Waals surface area contributed by atoms with Crippen molar-refractivity contribution in [2.45, 2.75) is 19.3 Å². The molecule has 0 spiro atoms. The first kappa shape index (κ1) is 13.8. The maximum absolute atomic E-state index is 10.6. The molecule has 0 aliphatic rings. The number of non-ortho nitro benzene ring substituents is 1. The molecule has 100 valence electrons. The summed E-state index contributed by atoms with van der Waals surface area (Å²) >= 11 is 0. The molecule has 0 saturated carbocycles. The molecule has 2 aromatic rings. The molecule has 4 heteroatoms. The summed E-state index contributed by atoms with van der Waals surface area (Å²) < 4.78 is 0. The molecular weight excluding hydrogens is 252 g/mol. The lowest BCUT2D eigenvalue weighted by Crippen LogP contribution is -2.01. The lowest BCUT2D eigenvalue weighted by atomic mass is 9.93. The number of nitrogens with zero attached hydrogens (tertiary/aromatic N) is 2. The fourth-order valence-corrected chi connectivity index (χ4v) is 2.03. The second kappa shape index (κ2) is 5.98. The Balaban J connectivity index is 2.18. The van der Waals surface area contributed by atoms with Crippen molar-refractivity contribution in [3.63, 3.8) is 0 Å². The van der Waals surface area contributed by atoms with Gasteiger partial charge in [-0.15, -0.1) is 0 Å². The van der Waals surface area contributed by atoms with E-state index in [2.05, 4.69) is 6.07 Å². The highest BCUT2D eigenvalue weighted by molar-refractivity contribution is 5.37. The van der Waals surface area contributed by atoms with Gasteiger partial charge in [0, 0.05) is 12.1 Å². The minimum atomic E-state index is -0.439. The maximum Gasteiger partial charge on any atom is 0.269 e. The molecule has 4 nitrogen and oxygen atoms in total. The number of nitro benzene ring substituents is 1. The van der Waals surface area contributed by atoms with Crippen LogP contribution in [-0.2, 0) is 6.42 Å². The largest absolute Gasteiger partial charge is 0.269 e. The van der Waals surface area contributed by atoms with Gasteiger partial charge in [0.1, 0.15) is 0 Å². The second-order valence-electron chi connectivity index (χ2n) is 4.72. The summed E-state index contributed by atoms with van der Waals surface area (Å²) in [6, 6.07) is 16.5. The van der Waals surface area contributed by atoms with E-state index in [4.69, 9.17) is 0 Å². The van der Waals surface area contributed by atoms with Crippen molar-refractivity contribution in [2.75, 3.05) is 0 Å². The van der Waals surface area contributed by atoms with Crippen LogP contribution in [0.1, 0.15) is 22.6 Å². The molecule has 2 aromatic carbocycles. The highest BCUT2D eigenvalue weighted by Gasteiger charge is 2.13. The van der Waals surface area contributed by atoms with Gasteiger partial charge in [0.05, 0.1) is 16.9 Å². The first-order valence-corrected chi connectivity index (χ1v) is 6.29. The third kappa shape index (κ3) is 3.21. The molecule has 0 bridgehead atoms. The fraction of sp³-hybridized carbons (Fsp3) is 0.188. The maximum atomic E-state index is 10.6. The van der Waals surface area contributed by atoms with Gasteiger partial charge >= 0.3 is 0 Å². The van der Waals surface area contributed by atoms with E-state index in [-0.39, 0.29) is 11.6 Å². The van der Waals surface area contributed by atoms with Crippen molar-refractivity contribution >= 4 is 5.69 Å². The van der Waals surface area contributed by atoms with Crippen molar-refractivity contribution in [1.29, 1.82) is 5.26 Å². The Morgan fingerprint density at radius 3 is 2.25 bits per heavy atom. The minimum Gasteiger partial charge on any atom is -0.258 e. The minimum absolute atomic E-state index is 0.0424. The van der Waals surface area contributed by atoms with Gasteiger partial charge < -0.3 is 0 Å². The monoisotopic (exact) mass is 266 g/mol. The van der Waals surface area contributed by atoms with Gasteiger partial charge in [-0.2, -0.15) is 5.26 Å². The van der Waals surface area contributed by atoms with Crippen molar-refractivity contribution in [3.05, 3.63) is 75.3 Å². The number of nitriles is 1. The number of nitro groups is 1. The molecular formula is C16H14N2O2. The lowest BCUT2D eigenvalue weighted by molar-refractivity contribution is -0.384. The molecule has 0 N–H and O–H groups in total. The standard InChI is InChI=1S/C16H14N2O2/c1-12-2-4-13(5-3-12)10-15(11-17)14-6-8-16(9-7-14)18(19)20/h2-9,15H,10H2,1H3. The van der Waals surface area contributed by atoms with Crippen LogP contribution in [-0.4, -0.2) is 4.92 Å². The molecule has 0 aromatic heterocycles. The van der Waals surface area contributed by atoms with E-state index < -0.39 is 4.92 Å². The van der Waals surface area contributed by atoms with Crippen molar-refractivity contribution in [1.82, 2.24) is 0 Å². The summed E-state index contributed by atoms with van der Waals surface area (Å²) in [5.74, 6) is -0.293. The van der Waals surface area contributed by atoms with Crippen LogP contribution in [0.2, 0.25) is 0 Å². The van der Waals surface area contributed by atoms with Gasteiger partial charge in [0.15, 0.2) is 0 Å². The Hall–Kier alpha value is -2.67. The lowest BCUT2D eigenvalue weighted by Gasteiger charge is -2.09. The summed E-state index contributed by atoms with van der Waals surface area (Å²) in [6.45, 7) is 2.02. The topological polar surface area (TPSA) is 66.9 Å². The Morgan fingerprint density at radius 1 is 1.15 bits per heavy atom. The van der Waals surface area contributed by atoms with Crippen molar-refractivity contribution < 1.29 is 4.92 Å². The molecule has 0 fully saturated rings. The molecule has 0 saturated heterocycles. The zero-order valence-corrected chi connectivity index (χ0v) is 11.1. The first-order chi connectivity index (χ1) is 9.60. The molecule has 2 rings (SSSR count). The first-order valence-electron chi connectivity index (χ1n) is 6.29. The van der Waals surface area contributed by atoms with E-state index in [1.54, 1.807) is 12.1 Å². The SMILES string of the molecule is Cc1ccc(CC(C#N)c2ccc([N+](=O)[O-])cc2)cc1. The van der Waals surface area contributed by atoms with E-state index in [9.17, 15) is 15.4 Å². The molecule has 0 aliphatic carbocycles. The van der Waals surface area contributed by atoms with Gasteiger partial charge in [-0.3, -0.25) is 10.1 Å². The van der Waals surface area contributed by atoms with Crippen LogP contribution >= 0.6 is 0 Å². The number of aryl methyl sites for hydroxylation is 1. The van der Waals surface area contributed by atoms with Crippen LogP contribution in [0.3, 0.4) is 0 Å². The molecule has 0 radical (unpaired) electrons. The summed E-state index contributed by atoms with van der Waals surface area (Å²) in [5, 5.41) is 19.9. The predicted octanol–water partition coefficient (Wildman–Crippen LogP) is 3.75. The third-order valence-corrected chi connectivity index (χ3v) is 3.22. The van der Waals surface area contributed by atoms with Gasteiger partial charge in [-0.25, -0.2) is 0 Å².